The second-order valence-electron chi connectivity index (χ2n) is 6.39. The average Bonchev–Trinajstić information content (AvgIpc) is 2.76. The molecule has 10 heteroatoms. The summed E-state index contributed by atoms with van der Waals surface area (Å²) in [5, 5.41) is 2.50. The maximum atomic E-state index is 14.8. The molecule has 6 nitrogen and oxygen atoms in total. The molecular formula is C22H17F3N2O4S. The van der Waals surface area contributed by atoms with Crippen LogP contribution >= 0.6 is 0 Å². The number of Topliss-reactive ketones (excluding diaryl/α,β-unsaturated/α-hetero) is 1. The number of anilines is 2. The summed E-state index contributed by atoms with van der Waals surface area (Å²) in [6, 6.07) is 10.4. The van der Waals surface area contributed by atoms with E-state index < -0.39 is 56.9 Å². The zero-order valence-electron chi connectivity index (χ0n) is 16.7. The fourth-order valence-corrected chi connectivity index (χ4v) is 4.08. The highest BCUT2D eigenvalue weighted by atomic mass is 32.2. The summed E-state index contributed by atoms with van der Waals surface area (Å²) in [6.45, 7) is 1.56. The van der Waals surface area contributed by atoms with Gasteiger partial charge in [0.2, 0.25) is 0 Å². The third-order valence-corrected chi connectivity index (χ3v) is 5.67. The molecule has 1 atom stereocenters. The van der Waals surface area contributed by atoms with Gasteiger partial charge in [0, 0.05) is 11.0 Å². The van der Waals surface area contributed by atoms with Gasteiger partial charge in [0.15, 0.2) is 11.6 Å². The summed E-state index contributed by atoms with van der Waals surface area (Å²) >= 11 is 0. The number of hydrogen-bond donors (Lipinski definition) is 1. The van der Waals surface area contributed by atoms with E-state index in [1.807, 2.05) is 0 Å². The molecule has 0 saturated carbocycles. The molecular weight excluding hydrogens is 445 g/mol. The molecule has 3 aromatic rings. The third kappa shape index (κ3) is 5.20. The zero-order valence-corrected chi connectivity index (χ0v) is 17.5. The van der Waals surface area contributed by atoms with Crippen LogP contribution in [0.2, 0.25) is 0 Å². The van der Waals surface area contributed by atoms with E-state index in [0.717, 1.165) is 18.3 Å². The van der Waals surface area contributed by atoms with E-state index in [2.05, 4.69) is 10.3 Å². The molecule has 1 N–H and O–H groups in total. The number of carbonyl (C=O) groups is 2. The number of ketones is 1. The van der Waals surface area contributed by atoms with Crippen LogP contribution in [0.1, 0.15) is 23.7 Å². The monoisotopic (exact) mass is 462 g/mol. The summed E-state index contributed by atoms with van der Waals surface area (Å²) in [4.78, 5) is 28.3. The summed E-state index contributed by atoms with van der Waals surface area (Å²) in [5.41, 5.74) is -0.754. The molecule has 1 heterocycles. The number of aromatic nitrogens is 1. The predicted octanol–water partition coefficient (Wildman–Crippen LogP) is 4.55. The van der Waals surface area contributed by atoms with Crippen LogP contribution in [-0.4, -0.2) is 27.6 Å². The molecule has 2 aromatic carbocycles. The predicted molar refractivity (Wildman–Crippen MR) is 111 cm³/mol. The van der Waals surface area contributed by atoms with Crippen molar-refractivity contribution in [1.82, 2.24) is 4.98 Å². The van der Waals surface area contributed by atoms with E-state index in [-0.39, 0.29) is 23.0 Å². The van der Waals surface area contributed by atoms with Gasteiger partial charge < -0.3 is 10.1 Å². The Morgan fingerprint density at radius 2 is 1.78 bits per heavy atom. The first-order valence-corrected chi connectivity index (χ1v) is 10.5. The number of pyridine rings is 1. The van der Waals surface area contributed by atoms with Gasteiger partial charge in [-0.1, -0.05) is 18.2 Å². The van der Waals surface area contributed by atoms with Gasteiger partial charge in [0.1, 0.15) is 23.9 Å². The van der Waals surface area contributed by atoms with Gasteiger partial charge in [-0.25, -0.2) is 22.4 Å². The van der Waals surface area contributed by atoms with Crippen LogP contribution in [0.15, 0.2) is 64.5 Å². The van der Waals surface area contributed by atoms with Crippen molar-refractivity contribution >= 4 is 34.1 Å². The lowest BCUT2D eigenvalue weighted by Crippen LogP contribution is -2.17. The fraction of sp³-hybridized carbons (Fsp3) is 0.136. The van der Waals surface area contributed by atoms with Crippen molar-refractivity contribution in [3.05, 3.63) is 77.7 Å². The number of esters is 1. The molecule has 1 aromatic heterocycles. The lowest BCUT2D eigenvalue weighted by atomic mass is 10.1. The van der Waals surface area contributed by atoms with Crippen molar-refractivity contribution in [1.29, 1.82) is 0 Å². The highest BCUT2D eigenvalue weighted by Crippen LogP contribution is 2.31. The molecule has 0 bridgehead atoms. The fourth-order valence-electron chi connectivity index (χ4n) is 2.82. The molecule has 3 rings (SSSR count). The van der Waals surface area contributed by atoms with E-state index in [4.69, 9.17) is 4.74 Å². The van der Waals surface area contributed by atoms with Crippen molar-refractivity contribution < 1.29 is 31.7 Å². The van der Waals surface area contributed by atoms with E-state index in [9.17, 15) is 27.0 Å². The maximum absolute atomic E-state index is 14.8. The molecule has 0 saturated heterocycles. The standard InChI is InChI=1S/C22H17F3N2O4S/c1-2-31-19(29)11-18(28)20-21(32(30)14-6-4-3-5-7-14)16(25)12-26-22(20)27-17-9-8-13(23)10-15(17)24/h3-10,12H,2,11H2,1H3,(H,26,27). The summed E-state index contributed by atoms with van der Waals surface area (Å²) < 4.78 is 60.1. The molecule has 0 aliphatic rings. The van der Waals surface area contributed by atoms with Crippen molar-refractivity contribution in [3.8, 4) is 0 Å². The largest absolute Gasteiger partial charge is 0.466 e. The van der Waals surface area contributed by atoms with Gasteiger partial charge in [0.05, 0.1) is 39.7 Å². The van der Waals surface area contributed by atoms with Crippen molar-refractivity contribution in [2.24, 2.45) is 0 Å². The Balaban J connectivity index is 2.14. The molecule has 32 heavy (non-hydrogen) atoms. The summed E-state index contributed by atoms with van der Waals surface area (Å²) in [7, 11) is -2.17. The zero-order chi connectivity index (χ0) is 23.3. The van der Waals surface area contributed by atoms with Crippen LogP contribution < -0.4 is 5.32 Å². The normalized spacial score (nSPS) is 11.6. The highest BCUT2D eigenvalue weighted by Gasteiger charge is 2.28. The molecule has 166 valence electrons. The van der Waals surface area contributed by atoms with Crippen molar-refractivity contribution in [2.45, 2.75) is 23.1 Å². The first-order chi connectivity index (χ1) is 15.3. The smallest absolute Gasteiger partial charge is 0.313 e. The minimum absolute atomic E-state index is 0.0161. The van der Waals surface area contributed by atoms with Crippen LogP contribution in [0, 0.1) is 17.5 Å². The Kier molecular flexibility index (Phi) is 7.37. The Labute approximate surface area is 183 Å². The van der Waals surface area contributed by atoms with Crippen molar-refractivity contribution in [3.63, 3.8) is 0 Å². The minimum Gasteiger partial charge on any atom is -0.466 e. The molecule has 0 amide bonds. The van der Waals surface area contributed by atoms with Crippen LogP contribution in [0.5, 0.6) is 0 Å². The number of ether oxygens (including phenoxy) is 1. The Morgan fingerprint density at radius 1 is 1.06 bits per heavy atom. The topological polar surface area (TPSA) is 85.4 Å². The number of nitrogens with one attached hydrogen (secondary N) is 1. The van der Waals surface area contributed by atoms with E-state index in [1.54, 1.807) is 25.1 Å². The first-order valence-electron chi connectivity index (χ1n) is 9.38. The Morgan fingerprint density at radius 3 is 2.44 bits per heavy atom. The van der Waals surface area contributed by atoms with Crippen LogP contribution in [-0.2, 0) is 20.3 Å². The number of halogens is 3. The van der Waals surface area contributed by atoms with E-state index in [0.29, 0.717) is 6.07 Å². The number of carbonyl (C=O) groups excluding carboxylic acids is 2. The van der Waals surface area contributed by atoms with Crippen LogP contribution in [0.25, 0.3) is 0 Å². The first kappa shape index (κ1) is 23.1. The number of nitrogens with zero attached hydrogens (tertiary/aromatic N) is 1. The molecule has 0 fully saturated rings. The van der Waals surface area contributed by atoms with Gasteiger partial charge >= 0.3 is 5.97 Å². The molecule has 0 spiro atoms. The summed E-state index contributed by atoms with van der Waals surface area (Å²) in [6.07, 6.45) is -0.0559. The second kappa shape index (κ2) is 10.2. The van der Waals surface area contributed by atoms with Crippen LogP contribution in [0.3, 0.4) is 0 Å². The summed E-state index contributed by atoms with van der Waals surface area (Å²) in [5.74, 6) is -5.03. The second-order valence-corrected chi connectivity index (χ2v) is 7.81. The van der Waals surface area contributed by atoms with Gasteiger partial charge in [-0.15, -0.1) is 0 Å². The molecule has 0 aliphatic carbocycles. The van der Waals surface area contributed by atoms with Gasteiger partial charge in [0.25, 0.3) is 0 Å². The number of rotatable bonds is 8. The molecule has 0 aliphatic heterocycles. The van der Waals surface area contributed by atoms with Gasteiger partial charge in [-0.2, -0.15) is 0 Å². The van der Waals surface area contributed by atoms with Crippen molar-refractivity contribution in [2.75, 3.05) is 11.9 Å². The van der Waals surface area contributed by atoms with Gasteiger partial charge in [-0.3, -0.25) is 9.59 Å². The highest BCUT2D eigenvalue weighted by molar-refractivity contribution is 7.85. The number of hydrogen-bond acceptors (Lipinski definition) is 6. The molecule has 0 radical (unpaired) electrons. The quantitative estimate of drug-likeness (QED) is 0.301. The maximum Gasteiger partial charge on any atom is 0.313 e. The molecule has 1 unspecified atom stereocenters. The van der Waals surface area contributed by atoms with E-state index >= 15 is 0 Å². The lowest BCUT2D eigenvalue weighted by Gasteiger charge is -2.15. The lowest BCUT2D eigenvalue weighted by molar-refractivity contribution is -0.141. The number of benzene rings is 2. The Bertz CT molecular complexity index is 1190. The Hall–Kier alpha value is -3.53. The van der Waals surface area contributed by atoms with E-state index in [1.165, 1.54) is 12.1 Å². The minimum atomic E-state index is -2.17. The third-order valence-electron chi connectivity index (χ3n) is 4.20. The average molecular weight is 462 g/mol. The SMILES string of the molecule is CCOC(=O)CC(=O)c1c(Nc2ccc(F)cc2F)ncc(F)c1S(=O)c1ccccc1. The van der Waals surface area contributed by atoms with Crippen LogP contribution in [0.4, 0.5) is 24.7 Å². The van der Waals surface area contributed by atoms with Gasteiger partial charge in [-0.05, 0) is 31.2 Å².